The number of hydrogen-bond donors (Lipinski definition) is 0. The van der Waals surface area contributed by atoms with Gasteiger partial charge in [0.2, 0.25) is 0 Å². The molecular formula is C14H19Cl2N. The zero-order chi connectivity index (χ0) is 12.4. The van der Waals surface area contributed by atoms with Crippen LogP contribution in [0.3, 0.4) is 0 Å². The third kappa shape index (κ3) is 3.29. The van der Waals surface area contributed by atoms with Gasteiger partial charge in [-0.1, -0.05) is 11.6 Å². The van der Waals surface area contributed by atoms with Gasteiger partial charge in [-0.25, -0.2) is 0 Å². The van der Waals surface area contributed by atoms with Crippen LogP contribution in [-0.2, 0) is 5.88 Å². The van der Waals surface area contributed by atoms with Crippen molar-refractivity contribution in [3.8, 4) is 0 Å². The van der Waals surface area contributed by atoms with E-state index in [1.807, 2.05) is 12.1 Å². The van der Waals surface area contributed by atoms with E-state index in [1.54, 1.807) is 0 Å². The van der Waals surface area contributed by atoms with Crippen molar-refractivity contribution >= 4 is 28.9 Å². The molecule has 1 aliphatic rings. The van der Waals surface area contributed by atoms with Crippen molar-refractivity contribution in [2.24, 2.45) is 5.92 Å². The second kappa shape index (κ2) is 5.49. The molecule has 1 fully saturated rings. The molecule has 1 aromatic carbocycles. The van der Waals surface area contributed by atoms with Gasteiger partial charge in [0, 0.05) is 29.2 Å². The molecule has 1 aliphatic carbocycles. The maximum Gasteiger partial charge on any atom is 0.0495 e. The number of rotatable bonds is 5. The second-order valence-corrected chi connectivity index (χ2v) is 5.80. The summed E-state index contributed by atoms with van der Waals surface area (Å²) in [6, 6.07) is 6.53. The average Bonchev–Trinajstić information content (AvgIpc) is 3.09. The Labute approximate surface area is 114 Å². The number of alkyl halides is 1. The summed E-state index contributed by atoms with van der Waals surface area (Å²) in [7, 11) is 0. The fraction of sp³-hybridized carbons (Fsp3) is 0.571. The summed E-state index contributed by atoms with van der Waals surface area (Å²) >= 11 is 12.0. The van der Waals surface area contributed by atoms with Crippen molar-refractivity contribution in [3.05, 3.63) is 28.8 Å². The minimum Gasteiger partial charge on any atom is -0.369 e. The molecule has 0 aliphatic heterocycles. The van der Waals surface area contributed by atoms with Crippen molar-refractivity contribution in [2.45, 2.75) is 38.6 Å². The maximum atomic E-state index is 6.02. The lowest BCUT2D eigenvalue weighted by Crippen LogP contribution is -2.33. The SMILES string of the molecule is CC(C)N(CC1CC1)c1ccc(Cl)cc1CCl. The lowest BCUT2D eigenvalue weighted by atomic mass is 10.1. The molecule has 0 bridgehead atoms. The van der Waals surface area contributed by atoms with Crippen LogP contribution in [0.5, 0.6) is 0 Å². The number of anilines is 1. The predicted molar refractivity (Wildman–Crippen MR) is 76.2 cm³/mol. The van der Waals surface area contributed by atoms with Crippen LogP contribution in [0.15, 0.2) is 18.2 Å². The molecule has 0 amide bonds. The van der Waals surface area contributed by atoms with Gasteiger partial charge in [-0.3, -0.25) is 0 Å². The van der Waals surface area contributed by atoms with Gasteiger partial charge < -0.3 is 4.90 Å². The van der Waals surface area contributed by atoms with Crippen LogP contribution >= 0.6 is 23.2 Å². The van der Waals surface area contributed by atoms with E-state index in [0.29, 0.717) is 11.9 Å². The third-order valence-electron chi connectivity index (χ3n) is 3.27. The smallest absolute Gasteiger partial charge is 0.0495 e. The molecule has 0 spiro atoms. The molecule has 1 aromatic rings. The highest BCUT2D eigenvalue weighted by atomic mass is 35.5. The first-order valence-corrected chi connectivity index (χ1v) is 7.14. The molecule has 0 unspecified atom stereocenters. The Morgan fingerprint density at radius 1 is 1.35 bits per heavy atom. The van der Waals surface area contributed by atoms with E-state index in [0.717, 1.165) is 23.0 Å². The molecule has 17 heavy (non-hydrogen) atoms. The van der Waals surface area contributed by atoms with Crippen LogP contribution in [0.25, 0.3) is 0 Å². The lowest BCUT2D eigenvalue weighted by molar-refractivity contribution is 0.643. The fourth-order valence-electron chi connectivity index (χ4n) is 2.11. The van der Waals surface area contributed by atoms with Crippen molar-refractivity contribution in [2.75, 3.05) is 11.4 Å². The standard InChI is InChI=1S/C14H19Cl2N/c1-10(2)17(9-11-3-4-11)14-6-5-13(16)7-12(14)8-15/h5-7,10-11H,3-4,8-9H2,1-2H3. The lowest BCUT2D eigenvalue weighted by Gasteiger charge is -2.31. The van der Waals surface area contributed by atoms with E-state index < -0.39 is 0 Å². The first kappa shape index (κ1) is 13.0. The first-order chi connectivity index (χ1) is 8.11. The molecule has 0 saturated heterocycles. The number of benzene rings is 1. The molecule has 0 radical (unpaired) electrons. The summed E-state index contributed by atoms with van der Waals surface area (Å²) in [6.45, 7) is 5.60. The molecule has 94 valence electrons. The summed E-state index contributed by atoms with van der Waals surface area (Å²) < 4.78 is 0. The van der Waals surface area contributed by atoms with Gasteiger partial charge in [0.05, 0.1) is 0 Å². The largest absolute Gasteiger partial charge is 0.369 e. The molecule has 1 saturated carbocycles. The van der Waals surface area contributed by atoms with Crippen molar-refractivity contribution < 1.29 is 0 Å². The Kier molecular flexibility index (Phi) is 4.22. The summed E-state index contributed by atoms with van der Waals surface area (Å²) in [4.78, 5) is 2.45. The molecular weight excluding hydrogens is 253 g/mol. The van der Waals surface area contributed by atoms with Crippen LogP contribution in [-0.4, -0.2) is 12.6 Å². The van der Waals surface area contributed by atoms with Crippen molar-refractivity contribution in [1.82, 2.24) is 0 Å². The Morgan fingerprint density at radius 3 is 2.59 bits per heavy atom. The topological polar surface area (TPSA) is 3.24 Å². The molecule has 2 rings (SSSR count). The van der Waals surface area contributed by atoms with Crippen LogP contribution in [0.4, 0.5) is 5.69 Å². The summed E-state index contributed by atoms with van der Waals surface area (Å²) in [5.74, 6) is 1.39. The summed E-state index contributed by atoms with van der Waals surface area (Å²) in [5, 5.41) is 0.763. The zero-order valence-electron chi connectivity index (χ0n) is 10.4. The van der Waals surface area contributed by atoms with Crippen LogP contribution in [0.2, 0.25) is 5.02 Å². The summed E-state index contributed by atoms with van der Waals surface area (Å²) in [6.07, 6.45) is 2.74. The van der Waals surface area contributed by atoms with E-state index >= 15 is 0 Å². The minimum atomic E-state index is 0.499. The minimum absolute atomic E-state index is 0.499. The van der Waals surface area contributed by atoms with Crippen LogP contribution < -0.4 is 4.90 Å². The highest BCUT2D eigenvalue weighted by Gasteiger charge is 2.26. The number of nitrogens with zero attached hydrogens (tertiary/aromatic N) is 1. The number of hydrogen-bond acceptors (Lipinski definition) is 1. The van der Waals surface area contributed by atoms with Crippen molar-refractivity contribution in [3.63, 3.8) is 0 Å². The van der Waals surface area contributed by atoms with Gasteiger partial charge in [-0.05, 0) is 56.4 Å². The van der Waals surface area contributed by atoms with Gasteiger partial charge >= 0.3 is 0 Å². The Bertz CT molecular complexity index is 386. The zero-order valence-corrected chi connectivity index (χ0v) is 11.9. The average molecular weight is 272 g/mol. The molecule has 0 atom stereocenters. The van der Waals surface area contributed by atoms with Gasteiger partial charge in [0.1, 0.15) is 0 Å². The van der Waals surface area contributed by atoms with E-state index in [1.165, 1.54) is 18.5 Å². The van der Waals surface area contributed by atoms with Gasteiger partial charge in [0.25, 0.3) is 0 Å². The molecule has 0 aromatic heterocycles. The molecule has 0 heterocycles. The van der Waals surface area contributed by atoms with Crippen LogP contribution in [0, 0.1) is 5.92 Å². The molecule has 1 nitrogen and oxygen atoms in total. The Morgan fingerprint density at radius 2 is 2.06 bits per heavy atom. The fourth-order valence-corrected chi connectivity index (χ4v) is 2.52. The Balaban J connectivity index is 2.26. The van der Waals surface area contributed by atoms with E-state index in [4.69, 9.17) is 23.2 Å². The highest BCUT2D eigenvalue weighted by molar-refractivity contribution is 6.30. The predicted octanol–water partition coefficient (Wildman–Crippen LogP) is 4.70. The van der Waals surface area contributed by atoms with Crippen molar-refractivity contribution in [1.29, 1.82) is 0 Å². The first-order valence-electron chi connectivity index (χ1n) is 6.23. The Hall–Kier alpha value is -0.400. The van der Waals surface area contributed by atoms with Gasteiger partial charge in [0.15, 0.2) is 0 Å². The van der Waals surface area contributed by atoms with Gasteiger partial charge in [-0.15, -0.1) is 11.6 Å². The molecule has 0 N–H and O–H groups in total. The summed E-state index contributed by atoms with van der Waals surface area (Å²) in [5.41, 5.74) is 2.37. The quantitative estimate of drug-likeness (QED) is 0.702. The van der Waals surface area contributed by atoms with E-state index in [2.05, 4.69) is 24.8 Å². The molecule has 3 heteroatoms. The third-order valence-corrected chi connectivity index (χ3v) is 3.79. The maximum absolute atomic E-state index is 6.02. The monoisotopic (exact) mass is 271 g/mol. The van der Waals surface area contributed by atoms with E-state index in [9.17, 15) is 0 Å². The highest BCUT2D eigenvalue weighted by Crippen LogP contribution is 2.34. The number of halogens is 2. The normalized spacial score (nSPS) is 15.4. The van der Waals surface area contributed by atoms with Gasteiger partial charge in [-0.2, -0.15) is 0 Å². The second-order valence-electron chi connectivity index (χ2n) is 5.10. The van der Waals surface area contributed by atoms with E-state index in [-0.39, 0.29) is 0 Å². The van der Waals surface area contributed by atoms with Crippen LogP contribution in [0.1, 0.15) is 32.3 Å².